The lowest BCUT2D eigenvalue weighted by atomic mass is 9.97. The highest BCUT2D eigenvalue weighted by atomic mass is 16.5. The Morgan fingerprint density at radius 3 is 1.83 bits per heavy atom. The van der Waals surface area contributed by atoms with E-state index in [1.165, 1.54) is 21.0 Å². The molecule has 0 aliphatic rings. The van der Waals surface area contributed by atoms with E-state index in [2.05, 4.69) is 4.74 Å². The number of hydrogen-bond donors (Lipinski definition) is 0. The summed E-state index contributed by atoms with van der Waals surface area (Å²) in [5.41, 5.74) is 0. The summed E-state index contributed by atoms with van der Waals surface area (Å²) in [5.74, 6) is -1.97. The van der Waals surface area contributed by atoms with Crippen molar-refractivity contribution >= 4 is 17.5 Å². The molecule has 0 aliphatic heterocycles. The molecule has 0 spiro atoms. The first-order valence-corrected chi connectivity index (χ1v) is 3.56. The Morgan fingerprint density at radius 2 is 1.58 bits per heavy atom. The monoisotopic (exact) mass is 172 g/mol. The number of rotatable bonds is 4. The summed E-state index contributed by atoms with van der Waals surface area (Å²) in [6.07, 6.45) is -0.152. The van der Waals surface area contributed by atoms with Crippen LogP contribution < -0.4 is 0 Å². The van der Waals surface area contributed by atoms with E-state index >= 15 is 0 Å². The van der Waals surface area contributed by atoms with Crippen molar-refractivity contribution in [2.75, 3.05) is 7.11 Å². The predicted octanol–water partition coefficient (Wildman–Crippen LogP) is 0.344. The molecular weight excluding hydrogens is 160 g/mol. The van der Waals surface area contributed by atoms with Gasteiger partial charge in [-0.05, 0) is 13.8 Å². The molecule has 0 aromatic rings. The summed E-state index contributed by atoms with van der Waals surface area (Å²) in [7, 11) is 1.22. The summed E-state index contributed by atoms with van der Waals surface area (Å²) in [6, 6.07) is 0. The highest BCUT2D eigenvalue weighted by Crippen LogP contribution is 2.06. The smallest absolute Gasteiger partial charge is 0.306 e. The number of carbonyl (C=O) groups is 3. The van der Waals surface area contributed by atoms with Crippen LogP contribution in [0.15, 0.2) is 0 Å². The van der Waals surface area contributed by atoms with E-state index in [4.69, 9.17) is 0 Å². The standard InChI is InChI=1S/C8H12O4/c1-5(9)7(6(2)10)4-8(11)12-3/h7H,4H2,1-3H3. The summed E-state index contributed by atoms with van der Waals surface area (Å²) in [5, 5.41) is 0. The summed E-state index contributed by atoms with van der Waals surface area (Å²) >= 11 is 0. The van der Waals surface area contributed by atoms with Gasteiger partial charge in [0.15, 0.2) is 0 Å². The molecule has 12 heavy (non-hydrogen) atoms. The summed E-state index contributed by atoms with van der Waals surface area (Å²) in [4.78, 5) is 32.3. The Balaban J connectivity index is 4.24. The van der Waals surface area contributed by atoms with E-state index in [1.54, 1.807) is 0 Å². The third kappa shape index (κ3) is 3.27. The molecule has 4 nitrogen and oxygen atoms in total. The molecule has 0 heterocycles. The van der Waals surface area contributed by atoms with Crippen molar-refractivity contribution in [2.24, 2.45) is 5.92 Å². The number of ether oxygens (including phenoxy) is 1. The highest BCUT2D eigenvalue weighted by Gasteiger charge is 2.22. The van der Waals surface area contributed by atoms with E-state index < -0.39 is 11.9 Å². The van der Waals surface area contributed by atoms with Crippen LogP contribution in [0.3, 0.4) is 0 Å². The molecule has 0 aromatic carbocycles. The first-order chi connectivity index (χ1) is 5.49. The third-order valence-corrected chi connectivity index (χ3v) is 1.58. The normalized spacial score (nSPS) is 9.67. The lowest BCUT2D eigenvalue weighted by Gasteiger charge is -2.07. The maximum Gasteiger partial charge on any atom is 0.306 e. The van der Waals surface area contributed by atoms with E-state index in [-0.39, 0.29) is 18.0 Å². The van der Waals surface area contributed by atoms with Crippen LogP contribution in [0.25, 0.3) is 0 Å². The second kappa shape index (κ2) is 4.64. The van der Waals surface area contributed by atoms with Crippen molar-refractivity contribution < 1.29 is 19.1 Å². The maximum absolute atomic E-state index is 10.8. The molecule has 0 unspecified atom stereocenters. The van der Waals surface area contributed by atoms with E-state index in [0.29, 0.717) is 0 Å². The maximum atomic E-state index is 10.8. The van der Waals surface area contributed by atoms with Gasteiger partial charge in [-0.1, -0.05) is 0 Å². The largest absolute Gasteiger partial charge is 0.469 e. The Morgan fingerprint density at radius 1 is 1.17 bits per heavy atom. The SMILES string of the molecule is COC(=O)CC(C(C)=O)C(C)=O. The molecule has 0 saturated carbocycles. The lowest BCUT2D eigenvalue weighted by molar-refractivity contribution is -0.146. The number of hydrogen-bond acceptors (Lipinski definition) is 4. The molecule has 0 rings (SSSR count). The van der Waals surface area contributed by atoms with Crippen molar-refractivity contribution in [3.05, 3.63) is 0 Å². The van der Waals surface area contributed by atoms with Gasteiger partial charge < -0.3 is 4.74 Å². The molecule has 0 bridgehead atoms. The van der Waals surface area contributed by atoms with Gasteiger partial charge in [-0.25, -0.2) is 0 Å². The van der Waals surface area contributed by atoms with Gasteiger partial charge in [-0.2, -0.15) is 0 Å². The minimum atomic E-state index is -0.836. The molecule has 0 N–H and O–H groups in total. The van der Waals surface area contributed by atoms with Crippen molar-refractivity contribution in [1.82, 2.24) is 0 Å². The Kier molecular flexibility index (Phi) is 4.18. The topological polar surface area (TPSA) is 60.4 Å². The first-order valence-electron chi connectivity index (χ1n) is 3.56. The van der Waals surface area contributed by atoms with E-state index in [1.807, 2.05) is 0 Å². The number of esters is 1. The molecule has 0 aromatic heterocycles. The fourth-order valence-corrected chi connectivity index (χ4v) is 0.824. The van der Waals surface area contributed by atoms with E-state index in [9.17, 15) is 14.4 Å². The van der Waals surface area contributed by atoms with Crippen LogP contribution in [0.5, 0.6) is 0 Å². The molecule has 0 amide bonds. The molecule has 0 saturated heterocycles. The lowest BCUT2D eigenvalue weighted by Crippen LogP contribution is -2.23. The number of ketones is 2. The fraction of sp³-hybridized carbons (Fsp3) is 0.625. The number of Topliss-reactive ketones (excluding diaryl/α,β-unsaturated/α-hetero) is 2. The second-order valence-electron chi connectivity index (χ2n) is 2.55. The van der Waals surface area contributed by atoms with Crippen LogP contribution in [-0.4, -0.2) is 24.6 Å². The van der Waals surface area contributed by atoms with Crippen LogP contribution in [0.2, 0.25) is 0 Å². The van der Waals surface area contributed by atoms with Gasteiger partial charge in [-0.3, -0.25) is 14.4 Å². The molecule has 0 aliphatic carbocycles. The fourth-order valence-electron chi connectivity index (χ4n) is 0.824. The van der Waals surface area contributed by atoms with Crippen molar-refractivity contribution in [2.45, 2.75) is 20.3 Å². The molecular formula is C8H12O4. The quantitative estimate of drug-likeness (QED) is 0.453. The minimum Gasteiger partial charge on any atom is -0.469 e. The van der Waals surface area contributed by atoms with Gasteiger partial charge in [0.2, 0.25) is 0 Å². The van der Waals surface area contributed by atoms with Crippen LogP contribution in [-0.2, 0) is 19.1 Å². The zero-order valence-electron chi connectivity index (χ0n) is 7.42. The number of methoxy groups -OCH3 is 1. The van der Waals surface area contributed by atoms with E-state index in [0.717, 1.165) is 0 Å². The molecule has 0 fully saturated rings. The highest BCUT2D eigenvalue weighted by molar-refractivity contribution is 6.02. The molecule has 0 radical (unpaired) electrons. The van der Waals surface area contributed by atoms with Crippen LogP contribution in [0.4, 0.5) is 0 Å². The van der Waals surface area contributed by atoms with Crippen LogP contribution >= 0.6 is 0 Å². The zero-order chi connectivity index (χ0) is 9.72. The van der Waals surface area contributed by atoms with Crippen LogP contribution in [0.1, 0.15) is 20.3 Å². The van der Waals surface area contributed by atoms with Crippen molar-refractivity contribution in [3.8, 4) is 0 Å². The predicted molar refractivity (Wildman–Crippen MR) is 41.5 cm³/mol. The summed E-state index contributed by atoms with van der Waals surface area (Å²) in [6.45, 7) is 2.57. The summed E-state index contributed by atoms with van der Waals surface area (Å²) < 4.78 is 4.34. The Hall–Kier alpha value is -1.19. The average Bonchev–Trinajstić information content (AvgIpc) is 1.98. The molecule has 68 valence electrons. The first kappa shape index (κ1) is 10.8. The third-order valence-electron chi connectivity index (χ3n) is 1.58. The zero-order valence-corrected chi connectivity index (χ0v) is 7.42. The number of carbonyl (C=O) groups excluding carboxylic acids is 3. The second-order valence-corrected chi connectivity index (χ2v) is 2.55. The average molecular weight is 172 g/mol. The molecule has 0 atom stereocenters. The van der Waals surface area contributed by atoms with Gasteiger partial charge in [0, 0.05) is 0 Å². The molecule has 4 heteroatoms. The van der Waals surface area contributed by atoms with Crippen molar-refractivity contribution in [1.29, 1.82) is 0 Å². The van der Waals surface area contributed by atoms with Gasteiger partial charge in [-0.15, -0.1) is 0 Å². The van der Waals surface area contributed by atoms with Gasteiger partial charge >= 0.3 is 5.97 Å². The minimum absolute atomic E-state index is 0.152. The van der Waals surface area contributed by atoms with Gasteiger partial charge in [0.1, 0.15) is 11.6 Å². The Labute approximate surface area is 70.9 Å². The van der Waals surface area contributed by atoms with Gasteiger partial charge in [0.25, 0.3) is 0 Å². The van der Waals surface area contributed by atoms with Gasteiger partial charge in [0.05, 0.1) is 19.4 Å². The van der Waals surface area contributed by atoms with Crippen molar-refractivity contribution in [3.63, 3.8) is 0 Å². The Bertz CT molecular complexity index is 193. The van der Waals surface area contributed by atoms with Crippen LogP contribution in [0, 0.1) is 5.92 Å².